The summed E-state index contributed by atoms with van der Waals surface area (Å²) in [7, 11) is 0. The van der Waals surface area contributed by atoms with E-state index in [-0.39, 0.29) is 30.5 Å². The van der Waals surface area contributed by atoms with Gasteiger partial charge in [0.25, 0.3) is 5.91 Å². The zero-order chi connectivity index (χ0) is 21.8. The number of hydrogen-bond donors (Lipinski definition) is 1. The summed E-state index contributed by atoms with van der Waals surface area (Å²) in [4.78, 5) is 53.2. The van der Waals surface area contributed by atoms with E-state index >= 15 is 0 Å². The number of rotatable bonds is 2. The number of hydrogen-bond acceptors (Lipinski definition) is 7. The van der Waals surface area contributed by atoms with Crippen LogP contribution in [0.2, 0.25) is 0 Å². The number of fused-ring (bicyclic) bond motifs is 3. The number of aliphatic hydroxyl groups is 1. The van der Waals surface area contributed by atoms with Crippen LogP contribution in [-0.2, 0) is 28.7 Å². The minimum absolute atomic E-state index is 0.00886. The average Bonchev–Trinajstić information content (AvgIpc) is 3.13. The van der Waals surface area contributed by atoms with E-state index in [4.69, 9.17) is 9.47 Å². The summed E-state index contributed by atoms with van der Waals surface area (Å²) in [5.74, 6) is -3.69. The number of ketones is 1. The first-order chi connectivity index (χ1) is 14.2. The third-order valence-electron chi connectivity index (χ3n) is 7.67. The van der Waals surface area contributed by atoms with Crippen molar-refractivity contribution in [3.63, 3.8) is 0 Å². The van der Waals surface area contributed by atoms with Crippen LogP contribution in [0.3, 0.4) is 0 Å². The second-order valence-electron chi connectivity index (χ2n) is 9.46. The quantitative estimate of drug-likeness (QED) is 0.668. The summed E-state index contributed by atoms with van der Waals surface area (Å²) in [6.07, 6.45) is 1.02. The van der Waals surface area contributed by atoms with Crippen molar-refractivity contribution < 1.29 is 33.8 Å². The lowest BCUT2D eigenvalue weighted by Crippen LogP contribution is -2.58. The van der Waals surface area contributed by atoms with Crippen LogP contribution in [0.15, 0.2) is 0 Å². The Kier molecular flexibility index (Phi) is 5.41. The van der Waals surface area contributed by atoms with Gasteiger partial charge in [0.1, 0.15) is 23.6 Å². The van der Waals surface area contributed by atoms with Crippen LogP contribution in [0.4, 0.5) is 0 Å². The van der Waals surface area contributed by atoms with Crippen molar-refractivity contribution in [1.82, 2.24) is 4.90 Å². The summed E-state index contributed by atoms with van der Waals surface area (Å²) in [5.41, 5.74) is -1.71. The van der Waals surface area contributed by atoms with Crippen molar-refractivity contribution >= 4 is 23.6 Å². The van der Waals surface area contributed by atoms with E-state index < -0.39 is 53.5 Å². The standard InChI is InChI=1S/C22H31NO7/c1-4-13-18-17(12(3)20(26)30-18)15(24)10-14(16-9-11(2)19(25)29-16)23-8-6-5-7-22(13,28)21(23)27/h11-14,16-18,28H,4-10H2,1-3H3/t11-,12-,13-,14-,16-,17+,18-,22-/m1/s1. The number of carbonyl (C=O) groups excluding carboxylic acids is 4. The third kappa shape index (κ3) is 3.15. The monoisotopic (exact) mass is 421 g/mol. The fraction of sp³-hybridized carbons (Fsp3) is 0.818. The Morgan fingerprint density at radius 2 is 1.83 bits per heavy atom. The Morgan fingerprint density at radius 1 is 1.10 bits per heavy atom. The van der Waals surface area contributed by atoms with Gasteiger partial charge in [-0.1, -0.05) is 20.8 Å². The van der Waals surface area contributed by atoms with E-state index in [9.17, 15) is 24.3 Å². The molecule has 4 heterocycles. The molecule has 1 N–H and O–H groups in total. The van der Waals surface area contributed by atoms with Gasteiger partial charge in [-0.15, -0.1) is 0 Å². The molecule has 166 valence electrons. The smallest absolute Gasteiger partial charge is 0.309 e. The molecule has 30 heavy (non-hydrogen) atoms. The highest BCUT2D eigenvalue weighted by atomic mass is 16.6. The molecule has 8 nitrogen and oxygen atoms in total. The lowest BCUT2D eigenvalue weighted by Gasteiger charge is -2.41. The van der Waals surface area contributed by atoms with Gasteiger partial charge in [0.15, 0.2) is 0 Å². The normalized spacial score (nSPS) is 44.5. The van der Waals surface area contributed by atoms with Crippen molar-refractivity contribution in [3.05, 3.63) is 0 Å². The summed E-state index contributed by atoms with van der Waals surface area (Å²) in [5, 5.41) is 11.7. The summed E-state index contributed by atoms with van der Waals surface area (Å²) < 4.78 is 11.2. The van der Waals surface area contributed by atoms with Gasteiger partial charge >= 0.3 is 11.9 Å². The molecule has 4 fully saturated rings. The van der Waals surface area contributed by atoms with Crippen molar-refractivity contribution in [2.45, 2.75) is 83.1 Å². The molecule has 0 aromatic carbocycles. The molecule has 0 unspecified atom stereocenters. The second-order valence-corrected chi connectivity index (χ2v) is 9.46. The number of amides is 1. The van der Waals surface area contributed by atoms with Crippen LogP contribution < -0.4 is 0 Å². The van der Waals surface area contributed by atoms with Crippen molar-refractivity contribution in [1.29, 1.82) is 0 Å². The van der Waals surface area contributed by atoms with E-state index in [1.54, 1.807) is 18.7 Å². The zero-order valence-electron chi connectivity index (χ0n) is 17.8. The van der Waals surface area contributed by atoms with Gasteiger partial charge in [-0.05, 0) is 32.1 Å². The highest BCUT2D eigenvalue weighted by Gasteiger charge is 2.60. The largest absolute Gasteiger partial charge is 0.461 e. The molecule has 0 radical (unpaired) electrons. The van der Waals surface area contributed by atoms with E-state index in [1.165, 1.54) is 0 Å². The molecule has 0 aliphatic carbocycles. The molecule has 0 spiro atoms. The van der Waals surface area contributed by atoms with Gasteiger partial charge in [0.05, 0.1) is 23.8 Å². The molecule has 0 aromatic rings. The highest BCUT2D eigenvalue weighted by molar-refractivity contribution is 5.93. The van der Waals surface area contributed by atoms with Crippen molar-refractivity contribution in [2.24, 2.45) is 23.7 Å². The van der Waals surface area contributed by atoms with Crippen molar-refractivity contribution in [2.75, 3.05) is 6.54 Å². The maximum Gasteiger partial charge on any atom is 0.309 e. The van der Waals surface area contributed by atoms with Gasteiger partial charge in [-0.2, -0.15) is 0 Å². The maximum atomic E-state index is 13.7. The third-order valence-corrected chi connectivity index (χ3v) is 7.67. The first-order valence-corrected chi connectivity index (χ1v) is 11.2. The highest BCUT2D eigenvalue weighted by Crippen LogP contribution is 2.45. The summed E-state index contributed by atoms with van der Waals surface area (Å²) in [6.45, 7) is 5.70. The molecule has 2 bridgehead atoms. The van der Waals surface area contributed by atoms with Crippen LogP contribution in [0.25, 0.3) is 0 Å². The number of esters is 2. The maximum absolute atomic E-state index is 13.7. The fourth-order valence-electron chi connectivity index (χ4n) is 5.95. The lowest BCUT2D eigenvalue weighted by molar-refractivity contribution is -0.172. The van der Waals surface area contributed by atoms with E-state index in [2.05, 4.69) is 0 Å². The predicted octanol–water partition coefficient (Wildman–Crippen LogP) is 1.23. The number of Topliss-reactive ketones (excluding diaryl/α,β-unsaturated/α-hetero) is 1. The lowest BCUT2D eigenvalue weighted by atomic mass is 9.72. The zero-order valence-corrected chi connectivity index (χ0v) is 17.8. The van der Waals surface area contributed by atoms with E-state index in [0.29, 0.717) is 32.2 Å². The molecule has 8 heteroatoms. The minimum atomic E-state index is -1.71. The minimum Gasteiger partial charge on any atom is -0.461 e. The Hall–Kier alpha value is -1.96. The SMILES string of the molecule is CC[C@@H]1[C@H]2OC(=O)[C@H](C)[C@H]2C(=O)C[C@H]([C@H]2C[C@@H](C)C(=O)O2)N2CCCC[C@]1(O)C2=O. The van der Waals surface area contributed by atoms with Crippen LogP contribution in [0.5, 0.6) is 0 Å². The molecule has 4 aliphatic rings. The molecule has 8 atom stereocenters. The molecule has 0 aromatic heterocycles. The Bertz CT molecular complexity index is 767. The van der Waals surface area contributed by atoms with Gasteiger partial charge in [-0.25, -0.2) is 0 Å². The van der Waals surface area contributed by atoms with Crippen LogP contribution in [0, 0.1) is 23.7 Å². The Morgan fingerprint density at radius 3 is 2.47 bits per heavy atom. The topological polar surface area (TPSA) is 110 Å². The van der Waals surface area contributed by atoms with E-state index in [1.807, 2.05) is 6.92 Å². The van der Waals surface area contributed by atoms with Gasteiger partial charge in [0, 0.05) is 18.9 Å². The molecular weight excluding hydrogens is 390 g/mol. The van der Waals surface area contributed by atoms with Crippen LogP contribution >= 0.6 is 0 Å². The van der Waals surface area contributed by atoms with Gasteiger partial charge in [-0.3, -0.25) is 19.2 Å². The molecule has 0 saturated carbocycles. The Labute approximate surface area is 176 Å². The summed E-state index contributed by atoms with van der Waals surface area (Å²) >= 11 is 0. The van der Waals surface area contributed by atoms with E-state index in [0.717, 1.165) is 0 Å². The molecular formula is C22H31NO7. The second kappa shape index (κ2) is 7.62. The van der Waals surface area contributed by atoms with Gasteiger partial charge < -0.3 is 19.5 Å². The number of ether oxygens (including phenoxy) is 2. The molecule has 4 aliphatic heterocycles. The predicted molar refractivity (Wildman–Crippen MR) is 104 cm³/mol. The number of cyclic esters (lactones) is 1. The van der Waals surface area contributed by atoms with Crippen molar-refractivity contribution in [3.8, 4) is 0 Å². The molecule has 4 rings (SSSR count). The summed E-state index contributed by atoms with van der Waals surface area (Å²) in [6, 6.07) is -0.636. The molecule has 4 saturated heterocycles. The van der Waals surface area contributed by atoms with Crippen LogP contribution in [-0.4, -0.2) is 64.0 Å². The van der Waals surface area contributed by atoms with Crippen LogP contribution in [0.1, 0.15) is 59.3 Å². The average molecular weight is 421 g/mol. The number of carbonyl (C=O) groups is 4. The first-order valence-electron chi connectivity index (χ1n) is 11.2. The fourth-order valence-corrected chi connectivity index (χ4v) is 5.95. The first kappa shape index (κ1) is 21.3. The van der Waals surface area contributed by atoms with Gasteiger partial charge in [0.2, 0.25) is 0 Å². The molecule has 1 amide bonds. The number of nitrogens with zero attached hydrogens (tertiary/aromatic N) is 1. The Balaban J connectivity index is 1.81.